The molecule has 0 radical (unpaired) electrons. The SMILES string of the molecule is CCOC(=O)c1c(NC(=O)Nc2cccc(C(F)(F)F)c2)sc2c1CCCC2. The summed E-state index contributed by atoms with van der Waals surface area (Å²) in [6, 6.07) is 3.64. The monoisotopic (exact) mass is 412 g/mol. The van der Waals surface area contributed by atoms with Gasteiger partial charge in [0.1, 0.15) is 5.00 Å². The fourth-order valence-electron chi connectivity index (χ4n) is 3.11. The lowest BCUT2D eigenvalue weighted by Gasteiger charge is -2.13. The largest absolute Gasteiger partial charge is 0.462 e. The Labute approximate surface area is 163 Å². The topological polar surface area (TPSA) is 67.4 Å². The van der Waals surface area contributed by atoms with E-state index in [4.69, 9.17) is 4.74 Å². The highest BCUT2D eigenvalue weighted by atomic mass is 32.1. The Morgan fingerprint density at radius 2 is 1.93 bits per heavy atom. The summed E-state index contributed by atoms with van der Waals surface area (Å²) in [5, 5.41) is 5.34. The molecule has 1 aromatic heterocycles. The summed E-state index contributed by atoms with van der Waals surface area (Å²) in [4.78, 5) is 25.8. The van der Waals surface area contributed by atoms with Crippen LogP contribution in [0.2, 0.25) is 0 Å². The number of esters is 1. The van der Waals surface area contributed by atoms with Crippen molar-refractivity contribution in [3.05, 3.63) is 45.8 Å². The van der Waals surface area contributed by atoms with Gasteiger partial charge in [-0.2, -0.15) is 13.2 Å². The van der Waals surface area contributed by atoms with Crippen LogP contribution in [-0.2, 0) is 23.8 Å². The van der Waals surface area contributed by atoms with Crippen LogP contribution in [0.1, 0.15) is 46.1 Å². The number of hydrogen-bond acceptors (Lipinski definition) is 4. The van der Waals surface area contributed by atoms with Crippen LogP contribution in [0.25, 0.3) is 0 Å². The Morgan fingerprint density at radius 3 is 2.64 bits per heavy atom. The lowest BCUT2D eigenvalue weighted by Crippen LogP contribution is -2.21. The molecule has 0 fully saturated rings. The number of halogens is 3. The molecule has 0 saturated carbocycles. The van der Waals surface area contributed by atoms with Gasteiger partial charge in [-0.05, 0) is 56.4 Å². The van der Waals surface area contributed by atoms with Crippen molar-refractivity contribution < 1.29 is 27.5 Å². The number of amides is 2. The van der Waals surface area contributed by atoms with Crippen LogP contribution in [0.4, 0.5) is 28.7 Å². The number of ether oxygens (including phenoxy) is 1. The summed E-state index contributed by atoms with van der Waals surface area (Å²) in [5.41, 5.74) is 0.389. The second-order valence-corrected chi connectivity index (χ2v) is 7.40. The Kier molecular flexibility index (Phi) is 5.93. The molecule has 0 spiro atoms. The Morgan fingerprint density at radius 1 is 1.18 bits per heavy atom. The minimum absolute atomic E-state index is 0.00586. The molecule has 0 bridgehead atoms. The standard InChI is InChI=1S/C19H19F3N2O3S/c1-2-27-17(25)15-13-8-3-4-9-14(13)28-16(15)24-18(26)23-12-7-5-6-11(10-12)19(20,21)22/h5-7,10H,2-4,8-9H2,1H3,(H2,23,24,26). The van der Waals surface area contributed by atoms with E-state index in [1.54, 1.807) is 6.92 Å². The second kappa shape index (κ2) is 8.22. The first-order valence-corrected chi connectivity index (χ1v) is 9.68. The molecule has 2 N–H and O–H groups in total. The molecule has 1 aliphatic carbocycles. The Balaban J connectivity index is 1.81. The normalized spacial score (nSPS) is 13.6. The summed E-state index contributed by atoms with van der Waals surface area (Å²) in [7, 11) is 0. The van der Waals surface area contributed by atoms with Crippen LogP contribution < -0.4 is 10.6 Å². The molecule has 2 amide bonds. The average Bonchev–Trinajstić information content (AvgIpc) is 2.99. The number of urea groups is 1. The molecule has 0 atom stereocenters. The van der Waals surface area contributed by atoms with Crippen molar-refractivity contribution in [2.45, 2.75) is 38.8 Å². The number of thiophene rings is 1. The minimum atomic E-state index is -4.50. The highest BCUT2D eigenvalue weighted by Gasteiger charge is 2.31. The number of alkyl halides is 3. The number of carbonyl (C=O) groups is 2. The molecule has 9 heteroatoms. The summed E-state index contributed by atoms with van der Waals surface area (Å²) in [5.74, 6) is -0.503. The van der Waals surface area contributed by atoms with Gasteiger partial charge in [0.2, 0.25) is 0 Å². The molecule has 0 saturated heterocycles. The van der Waals surface area contributed by atoms with E-state index in [0.717, 1.165) is 48.3 Å². The van der Waals surface area contributed by atoms with Gasteiger partial charge in [-0.3, -0.25) is 5.32 Å². The van der Waals surface area contributed by atoms with E-state index in [2.05, 4.69) is 10.6 Å². The van der Waals surface area contributed by atoms with Crippen LogP contribution in [0, 0.1) is 0 Å². The van der Waals surface area contributed by atoms with Crippen molar-refractivity contribution in [3.8, 4) is 0 Å². The molecule has 3 rings (SSSR count). The van der Waals surface area contributed by atoms with E-state index in [-0.39, 0.29) is 12.3 Å². The van der Waals surface area contributed by atoms with Gasteiger partial charge in [-0.15, -0.1) is 11.3 Å². The van der Waals surface area contributed by atoms with Crippen molar-refractivity contribution in [3.63, 3.8) is 0 Å². The van der Waals surface area contributed by atoms with Crippen molar-refractivity contribution >= 4 is 34.0 Å². The highest BCUT2D eigenvalue weighted by Crippen LogP contribution is 2.38. The Bertz CT molecular complexity index is 893. The highest BCUT2D eigenvalue weighted by molar-refractivity contribution is 7.17. The first kappa shape index (κ1) is 20.2. The number of carbonyl (C=O) groups excluding carboxylic acids is 2. The summed E-state index contributed by atoms with van der Waals surface area (Å²) < 4.78 is 43.6. The molecule has 1 aromatic carbocycles. The molecule has 0 unspecified atom stereocenters. The smallest absolute Gasteiger partial charge is 0.416 e. The summed E-state index contributed by atoms with van der Waals surface area (Å²) in [6.45, 7) is 1.91. The van der Waals surface area contributed by atoms with Gasteiger partial charge in [0, 0.05) is 10.6 Å². The lowest BCUT2D eigenvalue weighted by molar-refractivity contribution is -0.137. The van der Waals surface area contributed by atoms with E-state index in [0.29, 0.717) is 10.6 Å². The molecule has 150 valence electrons. The van der Waals surface area contributed by atoms with Crippen LogP contribution in [0.5, 0.6) is 0 Å². The Hall–Kier alpha value is -2.55. The summed E-state index contributed by atoms with van der Waals surface area (Å²) in [6.07, 6.45) is -0.990. The first-order chi connectivity index (χ1) is 13.3. The molecule has 0 aliphatic heterocycles. The van der Waals surface area contributed by atoms with Crippen molar-refractivity contribution in [1.29, 1.82) is 0 Å². The quantitative estimate of drug-likeness (QED) is 0.655. The summed E-state index contributed by atoms with van der Waals surface area (Å²) >= 11 is 1.31. The zero-order chi connectivity index (χ0) is 20.3. The van der Waals surface area contributed by atoms with Gasteiger partial charge in [0.05, 0.1) is 17.7 Å². The third kappa shape index (κ3) is 4.46. The fraction of sp³-hybridized carbons (Fsp3) is 0.368. The first-order valence-electron chi connectivity index (χ1n) is 8.86. The average molecular weight is 412 g/mol. The van der Waals surface area contributed by atoms with Crippen molar-refractivity contribution in [2.24, 2.45) is 0 Å². The number of rotatable bonds is 4. The lowest BCUT2D eigenvalue weighted by atomic mass is 9.95. The van der Waals surface area contributed by atoms with E-state index in [9.17, 15) is 22.8 Å². The van der Waals surface area contributed by atoms with Gasteiger partial charge in [-0.25, -0.2) is 9.59 Å². The number of hydrogen-bond donors (Lipinski definition) is 2. The maximum atomic E-state index is 12.8. The van der Waals surface area contributed by atoms with E-state index in [1.165, 1.54) is 23.5 Å². The van der Waals surface area contributed by atoms with E-state index < -0.39 is 23.7 Å². The van der Waals surface area contributed by atoms with Crippen LogP contribution in [-0.4, -0.2) is 18.6 Å². The molecule has 1 heterocycles. The van der Waals surface area contributed by atoms with Crippen molar-refractivity contribution in [1.82, 2.24) is 0 Å². The van der Waals surface area contributed by atoms with Crippen molar-refractivity contribution in [2.75, 3.05) is 17.2 Å². The zero-order valence-corrected chi connectivity index (χ0v) is 15.9. The van der Waals surface area contributed by atoms with Gasteiger partial charge >= 0.3 is 18.2 Å². The molecule has 2 aromatic rings. The maximum absolute atomic E-state index is 12.8. The predicted octanol–water partition coefficient (Wildman–Crippen LogP) is 5.47. The molecule has 5 nitrogen and oxygen atoms in total. The number of fused-ring (bicyclic) bond motifs is 1. The molecule has 28 heavy (non-hydrogen) atoms. The maximum Gasteiger partial charge on any atom is 0.416 e. The van der Waals surface area contributed by atoms with E-state index in [1.807, 2.05) is 0 Å². The van der Waals surface area contributed by atoms with Gasteiger partial charge in [0.15, 0.2) is 0 Å². The third-order valence-corrected chi connectivity index (χ3v) is 5.53. The fourth-order valence-corrected chi connectivity index (χ4v) is 4.38. The zero-order valence-electron chi connectivity index (χ0n) is 15.1. The molecular weight excluding hydrogens is 393 g/mol. The third-order valence-electron chi connectivity index (χ3n) is 4.33. The number of anilines is 2. The van der Waals surface area contributed by atoms with Gasteiger partial charge < -0.3 is 10.1 Å². The number of nitrogens with one attached hydrogen (secondary N) is 2. The number of aryl methyl sites for hydroxylation is 1. The number of benzene rings is 1. The van der Waals surface area contributed by atoms with Gasteiger partial charge in [-0.1, -0.05) is 6.07 Å². The predicted molar refractivity (Wildman–Crippen MR) is 101 cm³/mol. The molecular formula is C19H19F3N2O3S. The van der Waals surface area contributed by atoms with E-state index >= 15 is 0 Å². The van der Waals surface area contributed by atoms with Crippen LogP contribution in [0.3, 0.4) is 0 Å². The van der Waals surface area contributed by atoms with Crippen LogP contribution in [0.15, 0.2) is 24.3 Å². The molecule has 1 aliphatic rings. The second-order valence-electron chi connectivity index (χ2n) is 6.29. The van der Waals surface area contributed by atoms with Crippen LogP contribution >= 0.6 is 11.3 Å². The van der Waals surface area contributed by atoms with Gasteiger partial charge in [0.25, 0.3) is 0 Å². The minimum Gasteiger partial charge on any atom is -0.462 e.